The average molecular weight is 249 g/mol. The number of amides is 1. The minimum absolute atomic E-state index is 0.203. The van der Waals surface area contributed by atoms with Gasteiger partial charge in [-0.2, -0.15) is 0 Å². The summed E-state index contributed by atoms with van der Waals surface area (Å²) >= 11 is 0. The maximum Gasteiger partial charge on any atom is 0.220 e. The number of primary amides is 1. The molecule has 1 aromatic rings. The zero-order valence-electron chi connectivity index (χ0n) is 11.1. The molecular formula is C15H23NO2. The van der Waals surface area contributed by atoms with Crippen molar-refractivity contribution in [3.63, 3.8) is 0 Å². The van der Waals surface area contributed by atoms with Gasteiger partial charge in [0.25, 0.3) is 0 Å². The topological polar surface area (TPSA) is 52.3 Å². The van der Waals surface area contributed by atoms with E-state index >= 15 is 0 Å². The minimum atomic E-state index is -0.322. The molecule has 0 fully saturated rings. The van der Waals surface area contributed by atoms with Crippen LogP contribution in [0.2, 0.25) is 0 Å². The number of benzene rings is 1. The molecule has 0 bridgehead atoms. The second-order valence-electron chi connectivity index (χ2n) is 4.50. The van der Waals surface area contributed by atoms with Crippen molar-refractivity contribution in [1.82, 2.24) is 0 Å². The predicted octanol–water partition coefficient (Wildman–Crippen LogP) is 3.20. The highest BCUT2D eigenvalue weighted by atomic mass is 16.5. The standard InChI is InChI=1S/C15H23NO2/c1-2-3-4-8-11-18-14(12-15(16)17)13-9-6-5-7-10-13/h5-7,9-10,14H,2-4,8,11-12H2,1H3,(H2,16,17). The van der Waals surface area contributed by atoms with E-state index in [-0.39, 0.29) is 18.4 Å². The van der Waals surface area contributed by atoms with Crippen molar-refractivity contribution in [3.8, 4) is 0 Å². The molecule has 1 rings (SSSR count). The second kappa shape index (κ2) is 8.70. The van der Waals surface area contributed by atoms with Crippen LogP contribution >= 0.6 is 0 Å². The molecule has 0 saturated heterocycles. The third-order valence-corrected chi connectivity index (χ3v) is 2.87. The fraction of sp³-hybridized carbons (Fsp3) is 0.533. The van der Waals surface area contributed by atoms with Gasteiger partial charge in [-0.1, -0.05) is 56.5 Å². The molecule has 0 aromatic heterocycles. The lowest BCUT2D eigenvalue weighted by Crippen LogP contribution is -2.17. The third-order valence-electron chi connectivity index (χ3n) is 2.87. The molecule has 0 radical (unpaired) electrons. The summed E-state index contributed by atoms with van der Waals surface area (Å²) in [5, 5.41) is 0. The van der Waals surface area contributed by atoms with E-state index in [0.29, 0.717) is 6.61 Å². The molecule has 1 atom stereocenters. The Labute approximate surface area is 109 Å². The molecule has 100 valence electrons. The van der Waals surface area contributed by atoms with E-state index < -0.39 is 0 Å². The maximum atomic E-state index is 11.1. The number of hydrogen-bond donors (Lipinski definition) is 1. The van der Waals surface area contributed by atoms with Gasteiger partial charge in [0.05, 0.1) is 12.5 Å². The molecule has 0 saturated carbocycles. The van der Waals surface area contributed by atoms with E-state index in [2.05, 4.69) is 6.92 Å². The van der Waals surface area contributed by atoms with Crippen LogP contribution in [0.25, 0.3) is 0 Å². The average Bonchev–Trinajstić information content (AvgIpc) is 2.38. The SMILES string of the molecule is CCCCCCOC(CC(N)=O)c1ccccc1. The fourth-order valence-electron chi connectivity index (χ4n) is 1.88. The molecule has 0 spiro atoms. The summed E-state index contributed by atoms with van der Waals surface area (Å²) in [6.07, 6.45) is 4.70. The molecule has 1 amide bonds. The van der Waals surface area contributed by atoms with Gasteiger partial charge >= 0.3 is 0 Å². The highest BCUT2D eigenvalue weighted by molar-refractivity contribution is 5.74. The van der Waals surface area contributed by atoms with E-state index in [4.69, 9.17) is 10.5 Å². The van der Waals surface area contributed by atoms with Crippen LogP contribution in [0.5, 0.6) is 0 Å². The Morgan fingerprint density at radius 2 is 1.94 bits per heavy atom. The highest BCUT2D eigenvalue weighted by Gasteiger charge is 2.14. The number of hydrogen-bond acceptors (Lipinski definition) is 2. The van der Waals surface area contributed by atoms with E-state index in [9.17, 15) is 4.79 Å². The van der Waals surface area contributed by atoms with E-state index in [1.165, 1.54) is 19.3 Å². The van der Waals surface area contributed by atoms with Crippen LogP contribution < -0.4 is 5.73 Å². The summed E-state index contributed by atoms with van der Waals surface area (Å²) < 4.78 is 5.78. The Balaban J connectivity index is 2.44. The first kappa shape index (κ1) is 14.7. The fourth-order valence-corrected chi connectivity index (χ4v) is 1.88. The number of unbranched alkanes of at least 4 members (excludes halogenated alkanes) is 3. The van der Waals surface area contributed by atoms with E-state index in [1.54, 1.807) is 0 Å². The molecule has 0 aliphatic carbocycles. The molecule has 0 heterocycles. The zero-order valence-corrected chi connectivity index (χ0v) is 11.1. The van der Waals surface area contributed by atoms with Crippen molar-refractivity contribution in [3.05, 3.63) is 35.9 Å². The van der Waals surface area contributed by atoms with Crippen LogP contribution in [0.1, 0.15) is 50.7 Å². The number of rotatable bonds is 9. The van der Waals surface area contributed by atoms with E-state index in [1.807, 2.05) is 30.3 Å². The lowest BCUT2D eigenvalue weighted by Gasteiger charge is -2.16. The summed E-state index contributed by atoms with van der Waals surface area (Å²) in [7, 11) is 0. The number of carbonyl (C=O) groups is 1. The van der Waals surface area contributed by atoms with Crippen molar-refractivity contribution < 1.29 is 9.53 Å². The summed E-state index contributed by atoms with van der Waals surface area (Å²) in [5.41, 5.74) is 6.28. The van der Waals surface area contributed by atoms with Gasteiger partial charge < -0.3 is 10.5 Å². The van der Waals surface area contributed by atoms with Crippen molar-refractivity contribution >= 4 is 5.91 Å². The Hall–Kier alpha value is -1.35. The minimum Gasteiger partial charge on any atom is -0.373 e. The molecule has 3 nitrogen and oxygen atoms in total. The van der Waals surface area contributed by atoms with Gasteiger partial charge in [-0.25, -0.2) is 0 Å². The van der Waals surface area contributed by atoms with Crippen LogP contribution in [0.15, 0.2) is 30.3 Å². The molecule has 0 aliphatic heterocycles. The van der Waals surface area contributed by atoms with Crippen LogP contribution in [-0.2, 0) is 9.53 Å². The van der Waals surface area contributed by atoms with Gasteiger partial charge in [0, 0.05) is 6.61 Å². The van der Waals surface area contributed by atoms with Gasteiger partial charge in [-0.3, -0.25) is 4.79 Å². The van der Waals surface area contributed by atoms with Gasteiger partial charge in [0.2, 0.25) is 5.91 Å². The van der Waals surface area contributed by atoms with Crippen LogP contribution in [-0.4, -0.2) is 12.5 Å². The van der Waals surface area contributed by atoms with Crippen molar-refractivity contribution in [1.29, 1.82) is 0 Å². The third kappa shape index (κ3) is 5.82. The Morgan fingerprint density at radius 1 is 1.22 bits per heavy atom. The zero-order chi connectivity index (χ0) is 13.2. The van der Waals surface area contributed by atoms with Crippen LogP contribution in [0.4, 0.5) is 0 Å². The van der Waals surface area contributed by atoms with Gasteiger partial charge in [-0.15, -0.1) is 0 Å². The van der Waals surface area contributed by atoms with Gasteiger partial charge in [-0.05, 0) is 12.0 Å². The van der Waals surface area contributed by atoms with Gasteiger partial charge in [0.15, 0.2) is 0 Å². The second-order valence-corrected chi connectivity index (χ2v) is 4.50. The molecular weight excluding hydrogens is 226 g/mol. The van der Waals surface area contributed by atoms with Crippen molar-refractivity contribution in [2.45, 2.75) is 45.1 Å². The summed E-state index contributed by atoms with van der Waals surface area (Å²) in [6.45, 7) is 2.87. The normalized spacial score (nSPS) is 12.3. The molecule has 2 N–H and O–H groups in total. The summed E-state index contributed by atoms with van der Waals surface area (Å²) in [5.74, 6) is -0.322. The Kier molecular flexibility index (Phi) is 7.11. The summed E-state index contributed by atoms with van der Waals surface area (Å²) in [6, 6.07) is 9.79. The van der Waals surface area contributed by atoms with Crippen molar-refractivity contribution in [2.24, 2.45) is 5.73 Å². The molecule has 1 aromatic carbocycles. The van der Waals surface area contributed by atoms with Crippen LogP contribution in [0.3, 0.4) is 0 Å². The monoisotopic (exact) mass is 249 g/mol. The first-order chi connectivity index (χ1) is 8.74. The number of ether oxygens (including phenoxy) is 1. The molecule has 3 heteroatoms. The Bertz CT molecular complexity index is 338. The number of carbonyl (C=O) groups excluding carboxylic acids is 1. The summed E-state index contributed by atoms with van der Waals surface area (Å²) in [4.78, 5) is 11.1. The molecule has 18 heavy (non-hydrogen) atoms. The van der Waals surface area contributed by atoms with Crippen LogP contribution in [0, 0.1) is 0 Å². The Morgan fingerprint density at radius 3 is 2.56 bits per heavy atom. The largest absolute Gasteiger partial charge is 0.373 e. The molecule has 0 aliphatic rings. The highest BCUT2D eigenvalue weighted by Crippen LogP contribution is 2.21. The van der Waals surface area contributed by atoms with E-state index in [0.717, 1.165) is 12.0 Å². The lowest BCUT2D eigenvalue weighted by molar-refractivity contribution is -0.121. The first-order valence-corrected chi connectivity index (χ1v) is 6.69. The van der Waals surface area contributed by atoms with Gasteiger partial charge in [0.1, 0.15) is 0 Å². The first-order valence-electron chi connectivity index (χ1n) is 6.69. The quantitative estimate of drug-likeness (QED) is 0.683. The smallest absolute Gasteiger partial charge is 0.220 e. The number of nitrogens with two attached hydrogens (primary N) is 1. The van der Waals surface area contributed by atoms with Crippen molar-refractivity contribution in [2.75, 3.05) is 6.61 Å². The lowest BCUT2D eigenvalue weighted by atomic mass is 10.1. The maximum absolute atomic E-state index is 11.1. The molecule has 1 unspecified atom stereocenters. The predicted molar refractivity (Wildman–Crippen MR) is 73.1 cm³/mol.